The van der Waals surface area contributed by atoms with E-state index in [1.54, 1.807) is 19.2 Å². The third-order valence-electron chi connectivity index (χ3n) is 1.87. The molecule has 0 aliphatic carbocycles. The number of nitrogens with one attached hydrogen (secondary N) is 1. The van der Waals surface area contributed by atoms with Crippen LogP contribution >= 0.6 is 15.9 Å². The van der Waals surface area contributed by atoms with Crippen LogP contribution in [0.2, 0.25) is 0 Å². The summed E-state index contributed by atoms with van der Waals surface area (Å²) < 4.78 is 0.705. The number of hydrogen-bond acceptors (Lipinski definition) is 4. The van der Waals surface area contributed by atoms with E-state index in [-0.39, 0.29) is 11.7 Å². The van der Waals surface area contributed by atoms with Gasteiger partial charge in [0.25, 0.3) is 5.91 Å². The van der Waals surface area contributed by atoms with Crippen molar-refractivity contribution < 1.29 is 10.0 Å². The minimum absolute atomic E-state index is 0.0590. The Labute approximate surface area is 101 Å². The maximum absolute atomic E-state index is 11.7. The van der Waals surface area contributed by atoms with Gasteiger partial charge < -0.3 is 16.3 Å². The van der Waals surface area contributed by atoms with E-state index in [2.05, 4.69) is 31.4 Å². The lowest BCUT2D eigenvalue weighted by Gasteiger charge is -2.11. The molecule has 1 heterocycles. The third kappa shape index (κ3) is 3.20. The van der Waals surface area contributed by atoms with Crippen LogP contribution in [0.25, 0.3) is 0 Å². The Morgan fingerprint density at radius 3 is 2.94 bits per heavy atom. The van der Waals surface area contributed by atoms with Gasteiger partial charge in [0.2, 0.25) is 0 Å². The SMILES string of the molecule is CC(NC(=O)c1cncc(Br)c1)/C(N)=N/O. The molecule has 7 heteroatoms. The van der Waals surface area contributed by atoms with Crippen LogP contribution in [0.1, 0.15) is 17.3 Å². The average molecular weight is 287 g/mol. The number of pyridine rings is 1. The minimum atomic E-state index is -0.545. The number of amidine groups is 1. The summed E-state index contributed by atoms with van der Waals surface area (Å²) in [4.78, 5) is 15.5. The Morgan fingerprint density at radius 1 is 1.69 bits per heavy atom. The fourth-order valence-electron chi connectivity index (χ4n) is 0.977. The number of oxime groups is 1. The highest BCUT2D eigenvalue weighted by atomic mass is 79.9. The van der Waals surface area contributed by atoms with Gasteiger partial charge in [-0.25, -0.2) is 0 Å². The van der Waals surface area contributed by atoms with Gasteiger partial charge in [0.15, 0.2) is 5.84 Å². The molecule has 6 nitrogen and oxygen atoms in total. The first-order chi connectivity index (χ1) is 7.54. The molecule has 1 atom stereocenters. The number of nitrogens with two attached hydrogens (primary N) is 1. The Balaban J connectivity index is 2.73. The van der Waals surface area contributed by atoms with E-state index in [9.17, 15) is 4.79 Å². The predicted molar refractivity (Wildman–Crippen MR) is 62.3 cm³/mol. The summed E-state index contributed by atoms with van der Waals surface area (Å²) in [5.41, 5.74) is 5.73. The van der Waals surface area contributed by atoms with E-state index in [1.807, 2.05) is 0 Å². The molecule has 1 amide bonds. The van der Waals surface area contributed by atoms with Gasteiger partial charge in [-0.1, -0.05) is 5.16 Å². The first-order valence-electron chi connectivity index (χ1n) is 4.43. The van der Waals surface area contributed by atoms with Gasteiger partial charge in [-0.3, -0.25) is 9.78 Å². The second-order valence-electron chi connectivity index (χ2n) is 3.11. The summed E-state index contributed by atoms with van der Waals surface area (Å²) in [6.45, 7) is 1.61. The second kappa shape index (κ2) is 5.45. The summed E-state index contributed by atoms with van der Waals surface area (Å²) >= 11 is 3.21. The summed E-state index contributed by atoms with van der Waals surface area (Å²) in [6.07, 6.45) is 3.00. The summed E-state index contributed by atoms with van der Waals surface area (Å²) in [7, 11) is 0. The molecule has 1 unspecified atom stereocenters. The lowest BCUT2D eigenvalue weighted by molar-refractivity contribution is 0.0948. The maximum Gasteiger partial charge on any atom is 0.253 e. The van der Waals surface area contributed by atoms with Crippen molar-refractivity contribution in [3.63, 3.8) is 0 Å². The van der Waals surface area contributed by atoms with E-state index in [0.717, 1.165) is 0 Å². The first kappa shape index (κ1) is 12.4. The zero-order chi connectivity index (χ0) is 12.1. The number of carbonyl (C=O) groups excluding carboxylic acids is 1. The van der Waals surface area contributed by atoms with Crippen molar-refractivity contribution in [2.45, 2.75) is 13.0 Å². The fraction of sp³-hybridized carbons (Fsp3) is 0.222. The number of nitrogens with zero attached hydrogens (tertiary/aromatic N) is 2. The smallest absolute Gasteiger partial charge is 0.253 e. The Morgan fingerprint density at radius 2 is 2.38 bits per heavy atom. The second-order valence-corrected chi connectivity index (χ2v) is 4.03. The van der Waals surface area contributed by atoms with Gasteiger partial charge in [-0.15, -0.1) is 0 Å². The molecular weight excluding hydrogens is 276 g/mol. The van der Waals surface area contributed by atoms with Crippen LogP contribution in [-0.2, 0) is 0 Å². The predicted octanol–water partition coefficient (Wildman–Crippen LogP) is 0.709. The van der Waals surface area contributed by atoms with Crippen molar-refractivity contribution in [3.8, 4) is 0 Å². The molecule has 0 fully saturated rings. The third-order valence-corrected chi connectivity index (χ3v) is 2.31. The molecular formula is C9H11BrN4O2. The molecule has 4 N–H and O–H groups in total. The number of rotatable bonds is 3. The number of aromatic nitrogens is 1. The van der Waals surface area contributed by atoms with Crippen LogP contribution in [0.5, 0.6) is 0 Å². The molecule has 0 aliphatic rings. The monoisotopic (exact) mass is 286 g/mol. The van der Waals surface area contributed by atoms with Gasteiger partial charge in [0, 0.05) is 16.9 Å². The molecule has 1 aromatic heterocycles. The lowest BCUT2D eigenvalue weighted by Crippen LogP contribution is -2.42. The number of amides is 1. The van der Waals surface area contributed by atoms with Gasteiger partial charge in [-0.2, -0.15) is 0 Å². The molecule has 16 heavy (non-hydrogen) atoms. The van der Waals surface area contributed by atoms with E-state index in [1.165, 1.54) is 6.20 Å². The fourth-order valence-corrected chi connectivity index (χ4v) is 1.34. The van der Waals surface area contributed by atoms with Crippen LogP contribution in [0.15, 0.2) is 28.1 Å². The zero-order valence-corrected chi connectivity index (χ0v) is 10.1. The van der Waals surface area contributed by atoms with E-state index in [0.29, 0.717) is 10.0 Å². The van der Waals surface area contributed by atoms with Gasteiger partial charge in [0.05, 0.1) is 11.6 Å². The Bertz CT molecular complexity index is 422. The highest BCUT2D eigenvalue weighted by Crippen LogP contribution is 2.09. The molecule has 0 saturated heterocycles. The summed E-state index contributed by atoms with van der Waals surface area (Å²) in [5.74, 6) is -0.399. The average Bonchev–Trinajstić information content (AvgIpc) is 2.27. The van der Waals surface area contributed by atoms with Crippen molar-refractivity contribution in [1.29, 1.82) is 0 Å². The van der Waals surface area contributed by atoms with Crippen molar-refractivity contribution in [3.05, 3.63) is 28.5 Å². The molecule has 0 spiro atoms. The number of halogens is 1. The van der Waals surface area contributed by atoms with Gasteiger partial charge >= 0.3 is 0 Å². The number of hydrogen-bond donors (Lipinski definition) is 3. The van der Waals surface area contributed by atoms with Gasteiger partial charge in [0.1, 0.15) is 0 Å². The largest absolute Gasteiger partial charge is 0.409 e. The van der Waals surface area contributed by atoms with Gasteiger partial charge in [-0.05, 0) is 28.9 Å². The molecule has 0 bridgehead atoms. The van der Waals surface area contributed by atoms with E-state index < -0.39 is 6.04 Å². The molecule has 1 aromatic rings. The van der Waals surface area contributed by atoms with Crippen LogP contribution in [0.3, 0.4) is 0 Å². The molecule has 0 aromatic carbocycles. The standard InChI is InChI=1S/C9H11BrN4O2/c1-5(8(11)14-16)13-9(15)6-2-7(10)4-12-3-6/h2-5,16H,1H3,(H2,11,14)(H,13,15). The van der Waals surface area contributed by atoms with E-state index >= 15 is 0 Å². The van der Waals surface area contributed by atoms with Crippen molar-refractivity contribution in [2.75, 3.05) is 0 Å². The quantitative estimate of drug-likeness (QED) is 0.330. The molecule has 86 valence electrons. The number of carbonyl (C=O) groups is 1. The molecule has 1 rings (SSSR count). The van der Waals surface area contributed by atoms with Crippen molar-refractivity contribution in [1.82, 2.24) is 10.3 Å². The van der Waals surface area contributed by atoms with Crippen LogP contribution in [0, 0.1) is 0 Å². The topological polar surface area (TPSA) is 101 Å². The summed E-state index contributed by atoms with van der Waals surface area (Å²) in [6, 6.07) is 1.08. The van der Waals surface area contributed by atoms with Crippen molar-refractivity contribution >= 4 is 27.7 Å². The first-order valence-corrected chi connectivity index (χ1v) is 5.22. The van der Waals surface area contributed by atoms with Crippen molar-refractivity contribution in [2.24, 2.45) is 10.9 Å². The highest BCUT2D eigenvalue weighted by molar-refractivity contribution is 9.10. The Hall–Kier alpha value is -1.63. The van der Waals surface area contributed by atoms with Crippen LogP contribution < -0.4 is 11.1 Å². The molecule has 0 radical (unpaired) electrons. The molecule has 0 saturated carbocycles. The summed E-state index contributed by atoms with van der Waals surface area (Å²) in [5, 5.41) is 13.8. The lowest BCUT2D eigenvalue weighted by atomic mass is 10.2. The maximum atomic E-state index is 11.7. The zero-order valence-electron chi connectivity index (χ0n) is 8.51. The highest BCUT2D eigenvalue weighted by Gasteiger charge is 2.13. The van der Waals surface area contributed by atoms with Crippen LogP contribution in [0.4, 0.5) is 0 Å². The van der Waals surface area contributed by atoms with E-state index in [4.69, 9.17) is 10.9 Å². The Kier molecular flexibility index (Phi) is 4.24. The normalized spacial score (nSPS) is 13.2. The molecule has 0 aliphatic heterocycles. The van der Waals surface area contributed by atoms with Crippen LogP contribution in [-0.4, -0.2) is 28.0 Å². The minimum Gasteiger partial charge on any atom is -0.409 e.